The Bertz CT molecular complexity index is 654. The molecule has 0 aromatic carbocycles. The molecule has 2 saturated carbocycles. The van der Waals surface area contributed by atoms with Gasteiger partial charge in [0.05, 0.1) is 12.2 Å². The molecule has 0 amide bonds. The molecule has 4 aliphatic rings. The van der Waals surface area contributed by atoms with Crippen LogP contribution in [0.5, 0.6) is 0 Å². The van der Waals surface area contributed by atoms with E-state index in [9.17, 15) is 14.4 Å². The minimum Gasteiger partial charge on any atom is -0.464 e. The van der Waals surface area contributed by atoms with Crippen molar-refractivity contribution in [3.8, 4) is 0 Å². The number of rotatable bonds is 3. The Hall–Kier alpha value is -1.43. The molecule has 6 atom stereocenters. The third-order valence-corrected chi connectivity index (χ3v) is 7.09. The Morgan fingerprint density at radius 2 is 1.96 bits per heavy atom. The van der Waals surface area contributed by atoms with Crippen molar-refractivity contribution in [2.24, 2.45) is 23.2 Å². The number of ether oxygens (including phenoxy) is 3. The molecule has 0 N–H and O–H groups in total. The Balaban J connectivity index is 1.71. The van der Waals surface area contributed by atoms with Crippen molar-refractivity contribution in [1.29, 1.82) is 0 Å². The first kappa shape index (κ1) is 17.0. The van der Waals surface area contributed by atoms with Crippen molar-refractivity contribution in [1.82, 2.24) is 0 Å². The maximum absolute atomic E-state index is 12.7. The second kappa shape index (κ2) is 5.06. The number of fused-ring (bicyclic) bond motifs is 3. The Labute approximate surface area is 147 Å². The molecule has 6 heteroatoms. The first-order valence-corrected chi connectivity index (χ1v) is 9.26. The summed E-state index contributed by atoms with van der Waals surface area (Å²) in [5.74, 6) is -0.298. The summed E-state index contributed by atoms with van der Waals surface area (Å²) in [6, 6.07) is 0. The van der Waals surface area contributed by atoms with Crippen molar-refractivity contribution in [3.63, 3.8) is 0 Å². The summed E-state index contributed by atoms with van der Waals surface area (Å²) in [5, 5.41) is 0. The van der Waals surface area contributed by atoms with Gasteiger partial charge in [-0.25, -0.2) is 4.79 Å². The SMILES string of the molecule is CCOC(=O)[C@]12C[C@H]3[C@H]4[C@@H]([C@H](OC(C)=O)C[C@@]3(CCC1=O)O2)C4(C)C. The van der Waals surface area contributed by atoms with Crippen LogP contribution in [-0.4, -0.2) is 41.6 Å². The van der Waals surface area contributed by atoms with Crippen LogP contribution in [0.3, 0.4) is 0 Å². The van der Waals surface area contributed by atoms with Crippen molar-refractivity contribution in [2.75, 3.05) is 6.61 Å². The van der Waals surface area contributed by atoms with Gasteiger partial charge in [-0.3, -0.25) is 9.59 Å². The number of ketones is 1. The molecule has 4 rings (SSSR count). The van der Waals surface area contributed by atoms with Crippen LogP contribution < -0.4 is 0 Å². The average molecular weight is 350 g/mol. The summed E-state index contributed by atoms with van der Waals surface area (Å²) >= 11 is 0. The third-order valence-electron chi connectivity index (χ3n) is 7.09. The van der Waals surface area contributed by atoms with E-state index in [0.29, 0.717) is 31.6 Å². The summed E-state index contributed by atoms with van der Waals surface area (Å²) in [5.41, 5.74) is -1.99. The zero-order valence-electron chi connectivity index (χ0n) is 15.3. The van der Waals surface area contributed by atoms with Gasteiger partial charge in [0.25, 0.3) is 0 Å². The molecule has 2 bridgehead atoms. The standard InChI is InChI=1S/C19H26O6/c1-5-23-16(22)19-8-11-14-15(17(14,3)4)12(24-10(2)20)9-18(11,25-19)7-6-13(19)21/h11-12,14-15H,5-9H2,1-4H3/t11-,12+,14-,15+,18+,19-/m0/s1. The van der Waals surface area contributed by atoms with Crippen LogP contribution in [0.4, 0.5) is 0 Å². The van der Waals surface area contributed by atoms with Gasteiger partial charge in [-0.1, -0.05) is 13.8 Å². The number of esters is 2. The summed E-state index contributed by atoms with van der Waals surface area (Å²) in [6.45, 7) is 7.74. The fourth-order valence-corrected chi connectivity index (χ4v) is 6.12. The van der Waals surface area contributed by atoms with E-state index >= 15 is 0 Å². The first-order valence-electron chi connectivity index (χ1n) is 9.26. The maximum Gasteiger partial charge on any atom is 0.346 e. The molecule has 4 fully saturated rings. The highest BCUT2D eigenvalue weighted by Crippen LogP contribution is 2.74. The smallest absolute Gasteiger partial charge is 0.346 e. The van der Waals surface area contributed by atoms with Crippen molar-refractivity contribution >= 4 is 17.7 Å². The molecule has 0 aromatic rings. The molecule has 2 heterocycles. The van der Waals surface area contributed by atoms with Gasteiger partial charge in [-0.05, 0) is 30.6 Å². The number of carbonyl (C=O) groups is 3. The van der Waals surface area contributed by atoms with E-state index in [1.165, 1.54) is 6.92 Å². The normalized spacial score (nSPS) is 46.0. The first-order chi connectivity index (χ1) is 11.7. The monoisotopic (exact) mass is 350 g/mol. The van der Waals surface area contributed by atoms with Crippen LogP contribution in [0.25, 0.3) is 0 Å². The van der Waals surface area contributed by atoms with Gasteiger partial charge in [-0.15, -0.1) is 0 Å². The molecule has 6 nitrogen and oxygen atoms in total. The van der Waals surface area contributed by atoms with E-state index < -0.39 is 17.2 Å². The van der Waals surface area contributed by atoms with E-state index in [1.807, 2.05) is 0 Å². The van der Waals surface area contributed by atoms with Crippen LogP contribution in [0, 0.1) is 23.2 Å². The quantitative estimate of drug-likeness (QED) is 0.572. The number of hydrogen-bond acceptors (Lipinski definition) is 6. The van der Waals surface area contributed by atoms with Gasteiger partial charge < -0.3 is 14.2 Å². The number of carbonyl (C=O) groups excluding carboxylic acids is 3. The van der Waals surface area contributed by atoms with Gasteiger partial charge in [0.2, 0.25) is 5.60 Å². The molecule has 0 aromatic heterocycles. The molecule has 2 saturated heterocycles. The van der Waals surface area contributed by atoms with Gasteiger partial charge in [0, 0.05) is 32.1 Å². The molecular formula is C19H26O6. The largest absolute Gasteiger partial charge is 0.464 e. The van der Waals surface area contributed by atoms with Gasteiger partial charge in [0.1, 0.15) is 6.10 Å². The van der Waals surface area contributed by atoms with Gasteiger partial charge in [0.15, 0.2) is 5.78 Å². The summed E-state index contributed by atoms with van der Waals surface area (Å²) in [7, 11) is 0. The van der Waals surface area contributed by atoms with Crippen LogP contribution in [-0.2, 0) is 28.6 Å². The van der Waals surface area contributed by atoms with Crippen LogP contribution in [0.1, 0.15) is 53.4 Å². The number of Topliss-reactive ketones (excluding diaryl/α,β-unsaturated/α-hetero) is 1. The molecule has 0 radical (unpaired) electrons. The molecule has 138 valence electrons. The summed E-state index contributed by atoms with van der Waals surface area (Å²) in [6.07, 6.45) is 1.67. The van der Waals surface area contributed by atoms with Gasteiger partial charge in [-0.2, -0.15) is 0 Å². The zero-order valence-corrected chi connectivity index (χ0v) is 15.3. The van der Waals surface area contributed by atoms with Crippen molar-refractivity contribution in [2.45, 2.75) is 70.7 Å². The lowest BCUT2D eigenvalue weighted by Crippen LogP contribution is -2.55. The van der Waals surface area contributed by atoms with Gasteiger partial charge >= 0.3 is 11.9 Å². The predicted octanol–water partition coefficient (Wildman–Crippen LogP) is 2.03. The Morgan fingerprint density at radius 3 is 2.60 bits per heavy atom. The fraction of sp³-hybridized carbons (Fsp3) is 0.842. The minimum atomic E-state index is -1.45. The predicted molar refractivity (Wildman–Crippen MR) is 86.5 cm³/mol. The molecule has 1 spiro atoms. The highest BCUT2D eigenvalue weighted by atomic mass is 16.6. The molecule has 2 aliphatic carbocycles. The second-order valence-corrected chi connectivity index (χ2v) is 8.67. The summed E-state index contributed by atoms with van der Waals surface area (Å²) in [4.78, 5) is 36.8. The fourth-order valence-electron chi connectivity index (χ4n) is 6.12. The zero-order chi connectivity index (χ0) is 18.2. The average Bonchev–Trinajstić information content (AvgIpc) is 2.97. The topological polar surface area (TPSA) is 78.9 Å². The highest BCUT2D eigenvalue weighted by Gasteiger charge is 2.78. The second-order valence-electron chi connectivity index (χ2n) is 8.67. The van der Waals surface area contributed by atoms with E-state index in [4.69, 9.17) is 14.2 Å². The van der Waals surface area contributed by atoms with Crippen molar-refractivity contribution in [3.05, 3.63) is 0 Å². The lowest BCUT2D eigenvalue weighted by Gasteiger charge is -2.43. The lowest BCUT2D eigenvalue weighted by atomic mass is 9.72. The molecule has 0 unspecified atom stereocenters. The molecule has 2 aliphatic heterocycles. The van der Waals surface area contributed by atoms with E-state index in [-0.39, 0.29) is 41.7 Å². The van der Waals surface area contributed by atoms with Crippen molar-refractivity contribution < 1.29 is 28.6 Å². The third kappa shape index (κ3) is 2.09. The van der Waals surface area contributed by atoms with Crippen LogP contribution >= 0.6 is 0 Å². The molecular weight excluding hydrogens is 324 g/mol. The highest BCUT2D eigenvalue weighted by molar-refractivity contribution is 6.08. The van der Waals surface area contributed by atoms with E-state index in [1.54, 1.807) is 6.92 Å². The maximum atomic E-state index is 12.7. The number of hydrogen-bond donors (Lipinski definition) is 0. The van der Waals surface area contributed by atoms with E-state index in [2.05, 4.69) is 13.8 Å². The van der Waals surface area contributed by atoms with E-state index in [0.717, 1.165) is 0 Å². The summed E-state index contributed by atoms with van der Waals surface area (Å²) < 4.78 is 17.1. The Morgan fingerprint density at radius 1 is 1.24 bits per heavy atom. The molecule has 25 heavy (non-hydrogen) atoms. The minimum absolute atomic E-state index is 0.0218. The van der Waals surface area contributed by atoms with Crippen LogP contribution in [0.2, 0.25) is 0 Å². The lowest BCUT2D eigenvalue weighted by molar-refractivity contribution is -0.203. The van der Waals surface area contributed by atoms with Crippen LogP contribution in [0.15, 0.2) is 0 Å². The Kier molecular flexibility index (Phi) is 3.44.